The maximum Gasteiger partial charge on any atom is 0.239 e. The third kappa shape index (κ3) is 3.81. The largest absolute Gasteiger partial charge is 0.361 e. The monoisotopic (exact) mass is 422 g/mol. The number of nitrogens with zero attached hydrogens (tertiary/aromatic N) is 4. The molecule has 6 nitrogen and oxygen atoms in total. The summed E-state index contributed by atoms with van der Waals surface area (Å²) in [6.07, 6.45) is 0. The highest BCUT2D eigenvalue weighted by Crippen LogP contribution is 2.38. The Morgan fingerprint density at radius 2 is 1.72 bits per heavy atom. The van der Waals surface area contributed by atoms with Crippen LogP contribution >= 0.6 is 0 Å². The van der Waals surface area contributed by atoms with E-state index in [9.17, 15) is 8.42 Å². The van der Waals surface area contributed by atoms with Crippen LogP contribution in [-0.2, 0) is 16.4 Å². The van der Waals surface area contributed by atoms with Crippen molar-refractivity contribution in [2.75, 3.05) is 54.8 Å². The van der Waals surface area contributed by atoms with Crippen LogP contribution in [0.25, 0.3) is 0 Å². The Balaban J connectivity index is 1.74. The Morgan fingerprint density at radius 3 is 2.38 bits per heavy atom. The minimum absolute atomic E-state index is 0.0940. The van der Waals surface area contributed by atoms with Gasteiger partial charge in [0.15, 0.2) is 21.5 Å². The summed E-state index contributed by atoms with van der Waals surface area (Å²) in [4.78, 5) is 8.72. The van der Waals surface area contributed by atoms with Crippen molar-refractivity contribution >= 4 is 21.3 Å². The topological polar surface area (TPSA) is 56.8 Å². The molecule has 0 atom stereocenters. The Hall–Kier alpha value is -2.26. The number of pyridine rings is 1. The Morgan fingerprint density at radius 1 is 1.03 bits per heavy atom. The predicted octanol–water partition coefficient (Wildman–Crippen LogP) is 2.30. The minimum Gasteiger partial charge on any atom is -0.361 e. The molecule has 9 heteroatoms. The third-order valence-electron chi connectivity index (χ3n) is 5.60. The lowest BCUT2D eigenvalue weighted by molar-refractivity contribution is 0.269. The lowest BCUT2D eigenvalue weighted by Crippen LogP contribution is -2.47. The minimum atomic E-state index is -3.93. The summed E-state index contributed by atoms with van der Waals surface area (Å²) in [5.74, 6) is -2.34. The van der Waals surface area contributed by atoms with E-state index in [-0.39, 0.29) is 30.3 Å². The van der Waals surface area contributed by atoms with Crippen molar-refractivity contribution in [3.63, 3.8) is 0 Å². The van der Waals surface area contributed by atoms with Crippen LogP contribution < -0.4 is 9.80 Å². The molecule has 0 aliphatic carbocycles. The van der Waals surface area contributed by atoms with Crippen molar-refractivity contribution in [3.05, 3.63) is 47.7 Å². The highest BCUT2D eigenvalue weighted by atomic mass is 32.2. The molecule has 0 N–H and O–H groups in total. The number of piperazine rings is 1. The quantitative estimate of drug-likeness (QED) is 0.705. The van der Waals surface area contributed by atoms with Gasteiger partial charge in [-0.25, -0.2) is 12.8 Å². The molecule has 0 spiro atoms. The molecule has 1 saturated heterocycles. The standard InChI is InChI=1S/C20H24F2N4O2S/c1-2-24-8-10-25(11-9-24)20-16(21)18-17(19(22)23-20)26(12-13-29(18,27)28)14-15-6-4-3-5-7-15/h3-7H,2,8-14H2,1H3. The molecular formula is C20H24F2N4O2S. The molecule has 0 bridgehead atoms. The average molecular weight is 423 g/mol. The van der Waals surface area contributed by atoms with Gasteiger partial charge in [0.2, 0.25) is 5.95 Å². The summed E-state index contributed by atoms with van der Waals surface area (Å²) in [6.45, 7) is 5.65. The third-order valence-corrected chi connectivity index (χ3v) is 7.32. The second kappa shape index (κ2) is 7.87. The second-order valence-corrected chi connectivity index (χ2v) is 9.41. The number of hydrogen-bond donors (Lipinski definition) is 0. The molecule has 156 valence electrons. The molecule has 0 unspecified atom stereocenters. The van der Waals surface area contributed by atoms with Crippen molar-refractivity contribution in [3.8, 4) is 0 Å². The van der Waals surface area contributed by atoms with Gasteiger partial charge in [-0.05, 0) is 12.1 Å². The fourth-order valence-corrected chi connectivity index (χ4v) is 5.48. The SMILES string of the molecule is CCN1CCN(c2nc(F)c3c(c2F)S(=O)(=O)CCN3Cc2ccccc2)CC1. The van der Waals surface area contributed by atoms with E-state index in [1.165, 1.54) is 0 Å². The van der Waals surface area contributed by atoms with E-state index < -0.39 is 26.5 Å². The summed E-state index contributed by atoms with van der Waals surface area (Å²) in [7, 11) is -3.93. The fourth-order valence-electron chi connectivity index (χ4n) is 3.94. The van der Waals surface area contributed by atoms with Crippen LogP contribution in [0.2, 0.25) is 0 Å². The molecule has 29 heavy (non-hydrogen) atoms. The van der Waals surface area contributed by atoms with Crippen LogP contribution in [0, 0.1) is 11.8 Å². The second-order valence-electron chi connectivity index (χ2n) is 7.37. The molecule has 4 rings (SSSR count). The van der Waals surface area contributed by atoms with Crippen LogP contribution in [0.1, 0.15) is 12.5 Å². The number of anilines is 2. The Bertz CT molecular complexity index is 993. The maximum atomic E-state index is 15.4. The summed E-state index contributed by atoms with van der Waals surface area (Å²) >= 11 is 0. The zero-order chi connectivity index (χ0) is 20.6. The maximum absolute atomic E-state index is 15.4. The van der Waals surface area contributed by atoms with E-state index in [0.717, 1.165) is 12.1 Å². The van der Waals surface area contributed by atoms with Crippen LogP contribution in [0.15, 0.2) is 35.2 Å². The lowest BCUT2D eigenvalue weighted by Gasteiger charge is -2.36. The predicted molar refractivity (Wildman–Crippen MR) is 108 cm³/mol. The van der Waals surface area contributed by atoms with Gasteiger partial charge in [0, 0.05) is 39.3 Å². The molecule has 2 aliphatic heterocycles. The molecule has 1 aromatic carbocycles. The summed E-state index contributed by atoms with van der Waals surface area (Å²) in [5.41, 5.74) is 0.630. The number of hydrogen-bond acceptors (Lipinski definition) is 6. The summed E-state index contributed by atoms with van der Waals surface area (Å²) in [6, 6.07) is 9.30. The van der Waals surface area contributed by atoms with Crippen LogP contribution in [0.5, 0.6) is 0 Å². The van der Waals surface area contributed by atoms with Crippen molar-refractivity contribution < 1.29 is 17.2 Å². The zero-order valence-corrected chi connectivity index (χ0v) is 17.1. The first-order valence-electron chi connectivity index (χ1n) is 9.78. The van der Waals surface area contributed by atoms with Crippen LogP contribution in [0.4, 0.5) is 20.3 Å². The number of benzene rings is 1. The number of fused-ring (bicyclic) bond motifs is 1. The molecule has 2 aliphatic rings. The van der Waals surface area contributed by atoms with Crippen molar-refractivity contribution in [1.29, 1.82) is 0 Å². The van der Waals surface area contributed by atoms with Gasteiger partial charge in [0.1, 0.15) is 10.6 Å². The smallest absolute Gasteiger partial charge is 0.239 e. The molecule has 1 fully saturated rings. The highest BCUT2D eigenvalue weighted by Gasteiger charge is 2.38. The molecule has 0 radical (unpaired) electrons. The molecular weight excluding hydrogens is 398 g/mol. The van der Waals surface area contributed by atoms with Crippen molar-refractivity contribution in [1.82, 2.24) is 9.88 Å². The summed E-state index contributed by atoms with van der Waals surface area (Å²) in [5, 5.41) is 0. The van der Waals surface area contributed by atoms with E-state index in [1.54, 1.807) is 9.80 Å². The summed E-state index contributed by atoms with van der Waals surface area (Å²) < 4.78 is 55.9. The highest BCUT2D eigenvalue weighted by molar-refractivity contribution is 7.91. The lowest BCUT2D eigenvalue weighted by atomic mass is 10.2. The Labute approximate surface area is 169 Å². The first-order valence-corrected chi connectivity index (χ1v) is 11.4. The number of halogens is 2. The Kier molecular flexibility index (Phi) is 5.44. The number of aromatic nitrogens is 1. The van der Waals surface area contributed by atoms with Crippen molar-refractivity contribution in [2.24, 2.45) is 0 Å². The van der Waals surface area contributed by atoms with Crippen molar-refractivity contribution in [2.45, 2.75) is 18.4 Å². The fraction of sp³-hybridized carbons (Fsp3) is 0.450. The number of rotatable bonds is 4. The van der Waals surface area contributed by atoms with Gasteiger partial charge in [-0.3, -0.25) is 0 Å². The van der Waals surface area contributed by atoms with E-state index in [1.807, 2.05) is 37.3 Å². The van der Waals surface area contributed by atoms with Crippen LogP contribution in [0.3, 0.4) is 0 Å². The molecule has 1 aromatic heterocycles. The zero-order valence-electron chi connectivity index (χ0n) is 16.3. The van der Waals surface area contributed by atoms with Gasteiger partial charge in [0.25, 0.3) is 0 Å². The molecule has 0 amide bonds. The first-order chi connectivity index (χ1) is 13.9. The molecule has 2 aromatic rings. The van der Waals surface area contributed by atoms with E-state index >= 15 is 8.78 Å². The molecule has 0 saturated carbocycles. The number of likely N-dealkylation sites (N-methyl/N-ethyl adjacent to an activating group) is 1. The van der Waals surface area contributed by atoms with E-state index in [4.69, 9.17) is 0 Å². The first kappa shape index (κ1) is 20.0. The van der Waals surface area contributed by atoms with Crippen LogP contribution in [-0.4, -0.2) is 63.3 Å². The van der Waals surface area contributed by atoms with E-state index in [2.05, 4.69) is 9.88 Å². The molecule has 3 heterocycles. The normalized spacial score (nSPS) is 19.3. The van der Waals surface area contributed by atoms with Gasteiger partial charge in [-0.1, -0.05) is 37.3 Å². The van der Waals surface area contributed by atoms with E-state index in [0.29, 0.717) is 26.2 Å². The number of sulfone groups is 1. The van der Waals surface area contributed by atoms with Gasteiger partial charge in [-0.2, -0.15) is 9.37 Å². The van der Waals surface area contributed by atoms with Gasteiger partial charge in [0.05, 0.1) is 5.75 Å². The van der Waals surface area contributed by atoms with Gasteiger partial charge < -0.3 is 14.7 Å². The van der Waals surface area contributed by atoms with Gasteiger partial charge in [-0.15, -0.1) is 0 Å². The van der Waals surface area contributed by atoms with Gasteiger partial charge >= 0.3 is 0 Å². The average Bonchev–Trinajstić information content (AvgIpc) is 2.72.